The summed E-state index contributed by atoms with van der Waals surface area (Å²) >= 11 is 1.77. The molecule has 23 heavy (non-hydrogen) atoms. The summed E-state index contributed by atoms with van der Waals surface area (Å²) in [6, 6.07) is 0. The highest BCUT2D eigenvalue weighted by Gasteiger charge is 2.17. The second-order valence-corrected chi connectivity index (χ2v) is 6.92. The third-order valence-electron chi connectivity index (χ3n) is 3.77. The van der Waals surface area contributed by atoms with Crippen LogP contribution in [0.1, 0.15) is 15.6 Å². The highest BCUT2D eigenvalue weighted by Crippen LogP contribution is 2.16. The Morgan fingerprint density at radius 1 is 1.43 bits per heavy atom. The van der Waals surface area contributed by atoms with Crippen LogP contribution in [0.3, 0.4) is 0 Å². The summed E-state index contributed by atoms with van der Waals surface area (Å²) < 4.78 is 5.74. The van der Waals surface area contributed by atoms with E-state index in [0.29, 0.717) is 0 Å². The standard InChI is InChI=1S/C15H27N5OS.HI/c1-11-12(2)22-14(19-11)5-6-17-15(16-3)18-9-13-10-20(4)7-8-21-13;/h13H,5-10H2,1-4H3,(H2,16,17,18);1H. The number of aliphatic imine (C=N–C) groups is 1. The van der Waals surface area contributed by atoms with Gasteiger partial charge in [0, 0.05) is 44.5 Å². The van der Waals surface area contributed by atoms with Gasteiger partial charge in [-0.25, -0.2) is 4.98 Å². The van der Waals surface area contributed by atoms with Crippen LogP contribution < -0.4 is 10.6 Å². The second-order valence-electron chi connectivity index (χ2n) is 5.63. The molecule has 1 saturated heterocycles. The molecule has 2 N–H and O–H groups in total. The van der Waals surface area contributed by atoms with Gasteiger partial charge in [0.15, 0.2) is 5.96 Å². The lowest BCUT2D eigenvalue weighted by molar-refractivity contribution is -0.0161. The molecule has 1 aliphatic heterocycles. The normalized spacial score (nSPS) is 19.3. The number of halogens is 1. The van der Waals surface area contributed by atoms with Crippen LogP contribution in [0.2, 0.25) is 0 Å². The molecule has 1 aliphatic rings. The van der Waals surface area contributed by atoms with Crippen molar-refractivity contribution in [3.8, 4) is 0 Å². The molecular weight excluding hydrogens is 425 g/mol. The van der Waals surface area contributed by atoms with Gasteiger partial charge in [-0.15, -0.1) is 35.3 Å². The van der Waals surface area contributed by atoms with Gasteiger partial charge in [-0.1, -0.05) is 0 Å². The summed E-state index contributed by atoms with van der Waals surface area (Å²) in [7, 11) is 3.92. The Hall–Kier alpha value is -0.450. The topological polar surface area (TPSA) is 61.8 Å². The molecule has 2 rings (SSSR count). The summed E-state index contributed by atoms with van der Waals surface area (Å²) in [6.45, 7) is 8.56. The van der Waals surface area contributed by atoms with E-state index in [0.717, 1.165) is 50.9 Å². The Morgan fingerprint density at radius 3 is 2.83 bits per heavy atom. The number of ether oxygens (including phenoxy) is 1. The SMILES string of the molecule is CN=C(NCCc1nc(C)c(C)s1)NCC1CN(C)CCO1.I. The monoisotopic (exact) mass is 453 g/mol. The Kier molecular flexibility index (Phi) is 9.33. The molecule has 6 nitrogen and oxygen atoms in total. The van der Waals surface area contributed by atoms with Crippen molar-refractivity contribution in [3.05, 3.63) is 15.6 Å². The number of guanidine groups is 1. The highest BCUT2D eigenvalue weighted by atomic mass is 127. The largest absolute Gasteiger partial charge is 0.374 e. The summed E-state index contributed by atoms with van der Waals surface area (Å²) in [5, 5.41) is 7.84. The minimum Gasteiger partial charge on any atom is -0.374 e. The van der Waals surface area contributed by atoms with Gasteiger partial charge in [0.1, 0.15) is 0 Å². The number of aromatic nitrogens is 1. The predicted octanol–water partition coefficient (Wildman–Crippen LogP) is 1.42. The zero-order chi connectivity index (χ0) is 15.9. The maximum atomic E-state index is 5.74. The summed E-state index contributed by atoms with van der Waals surface area (Å²) in [5.74, 6) is 0.821. The van der Waals surface area contributed by atoms with Crippen LogP contribution in [-0.4, -0.2) is 68.8 Å². The molecule has 0 saturated carbocycles. The quantitative estimate of drug-likeness (QED) is 0.401. The number of aryl methyl sites for hydroxylation is 2. The molecule has 0 aromatic carbocycles. The van der Waals surface area contributed by atoms with E-state index in [1.54, 1.807) is 18.4 Å². The predicted molar refractivity (Wildman–Crippen MR) is 107 cm³/mol. The number of nitrogens with one attached hydrogen (secondary N) is 2. The molecule has 0 spiro atoms. The van der Waals surface area contributed by atoms with Crippen LogP contribution in [0, 0.1) is 13.8 Å². The van der Waals surface area contributed by atoms with Gasteiger partial charge < -0.3 is 20.3 Å². The number of nitrogens with zero attached hydrogens (tertiary/aromatic N) is 3. The lowest BCUT2D eigenvalue weighted by atomic mass is 10.3. The van der Waals surface area contributed by atoms with E-state index in [1.807, 2.05) is 0 Å². The molecule has 2 heterocycles. The third-order valence-corrected chi connectivity index (χ3v) is 4.90. The van der Waals surface area contributed by atoms with Gasteiger partial charge >= 0.3 is 0 Å². The average molecular weight is 453 g/mol. The number of rotatable bonds is 5. The van der Waals surface area contributed by atoms with Gasteiger partial charge in [0.05, 0.1) is 23.4 Å². The number of hydrogen-bond acceptors (Lipinski definition) is 5. The molecule has 1 unspecified atom stereocenters. The van der Waals surface area contributed by atoms with E-state index in [2.05, 4.69) is 46.4 Å². The summed E-state index contributed by atoms with van der Waals surface area (Å²) in [5.41, 5.74) is 1.14. The lowest BCUT2D eigenvalue weighted by Gasteiger charge is -2.30. The first kappa shape index (κ1) is 20.6. The van der Waals surface area contributed by atoms with Crippen molar-refractivity contribution in [1.82, 2.24) is 20.5 Å². The Balaban J connectivity index is 0.00000264. The van der Waals surface area contributed by atoms with E-state index in [1.165, 1.54) is 9.88 Å². The van der Waals surface area contributed by atoms with E-state index < -0.39 is 0 Å². The molecule has 0 amide bonds. The van der Waals surface area contributed by atoms with Gasteiger partial charge in [-0.05, 0) is 20.9 Å². The van der Waals surface area contributed by atoms with Crippen LogP contribution >= 0.6 is 35.3 Å². The zero-order valence-corrected chi connectivity index (χ0v) is 17.5. The number of hydrogen-bond donors (Lipinski definition) is 2. The van der Waals surface area contributed by atoms with Gasteiger partial charge in [-0.2, -0.15) is 0 Å². The second kappa shape index (κ2) is 10.4. The fourth-order valence-corrected chi connectivity index (χ4v) is 3.29. The zero-order valence-electron chi connectivity index (χ0n) is 14.4. The highest BCUT2D eigenvalue weighted by molar-refractivity contribution is 14.0. The summed E-state index contributed by atoms with van der Waals surface area (Å²) in [4.78, 5) is 12.4. The maximum Gasteiger partial charge on any atom is 0.191 e. The van der Waals surface area contributed by atoms with E-state index >= 15 is 0 Å². The first-order valence-electron chi connectivity index (χ1n) is 7.76. The fourth-order valence-electron chi connectivity index (χ4n) is 2.36. The van der Waals surface area contributed by atoms with Crippen LogP contribution in [0.5, 0.6) is 0 Å². The van der Waals surface area contributed by atoms with E-state index in [4.69, 9.17) is 4.74 Å². The lowest BCUT2D eigenvalue weighted by Crippen LogP contribution is -2.48. The first-order valence-corrected chi connectivity index (χ1v) is 8.57. The van der Waals surface area contributed by atoms with Crippen molar-refractivity contribution in [1.29, 1.82) is 0 Å². The maximum absolute atomic E-state index is 5.74. The molecule has 1 aromatic heterocycles. The number of morpholine rings is 1. The molecule has 0 bridgehead atoms. The minimum atomic E-state index is 0. The molecule has 1 fully saturated rings. The van der Waals surface area contributed by atoms with Crippen molar-refractivity contribution in [2.75, 3.05) is 46.9 Å². The average Bonchev–Trinajstić information content (AvgIpc) is 2.81. The molecule has 1 aromatic rings. The van der Waals surface area contributed by atoms with Crippen molar-refractivity contribution in [2.24, 2.45) is 4.99 Å². The van der Waals surface area contributed by atoms with E-state index in [9.17, 15) is 0 Å². The smallest absolute Gasteiger partial charge is 0.191 e. The molecule has 1 atom stereocenters. The molecular formula is C15H28IN5OS. The van der Waals surface area contributed by atoms with Crippen LogP contribution in [-0.2, 0) is 11.2 Å². The van der Waals surface area contributed by atoms with Crippen molar-refractivity contribution in [3.63, 3.8) is 0 Å². The summed E-state index contributed by atoms with van der Waals surface area (Å²) in [6.07, 6.45) is 1.14. The van der Waals surface area contributed by atoms with Gasteiger partial charge in [-0.3, -0.25) is 4.99 Å². The van der Waals surface area contributed by atoms with E-state index in [-0.39, 0.29) is 30.1 Å². The third kappa shape index (κ3) is 6.90. The number of likely N-dealkylation sites (N-methyl/N-ethyl adjacent to an activating group) is 1. The van der Waals surface area contributed by atoms with Crippen molar-refractivity contribution in [2.45, 2.75) is 26.4 Å². The molecule has 0 aliphatic carbocycles. The van der Waals surface area contributed by atoms with Crippen molar-refractivity contribution >= 4 is 41.3 Å². The van der Waals surface area contributed by atoms with Crippen LogP contribution in [0.15, 0.2) is 4.99 Å². The molecule has 0 radical (unpaired) electrons. The Morgan fingerprint density at radius 2 is 2.22 bits per heavy atom. The van der Waals surface area contributed by atoms with Gasteiger partial charge in [0.2, 0.25) is 0 Å². The Bertz CT molecular complexity index is 489. The van der Waals surface area contributed by atoms with Crippen LogP contribution in [0.4, 0.5) is 0 Å². The molecule has 8 heteroatoms. The first-order chi connectivity index (χ1) is 10.6. The fraction of sp³-hybridized carbons (Fsp3) is 0.733. The minimum absolute atomic E-state index is 0. The molecule has 132 valence electrons. The van der Waals surface area contributed by atoms with Gasteiger partial charge in [0.25, 0.3) is 0 Å². The number of thiazole rings is 1. The Labute approximate surface area is 160 Å². The van der Waals surface area contributed by atoms with Crippen LogP contribution in [0.25, 0.3) is 0 Å². The van der Waals surface area contributed by atoms with Crippen molar-refractivity contribution < 1.29 is 4.74 Å².